The van der Waals surface area contributed by atoms with Gasteiger partial charge in [-0.2, -0.15) is 0 Å². The molecule has 0 unspecified atom stereocenters. The Morgan fingerprint density at radius 3 is 2.18 bits per heavy atom. The molecule has 6 nitrogen and oxygen atoms in total. The average molecular weight is 242 g/mol. The first-order chi connectivity index (χ1) is 7.92. The Morgan fingerprint density at radius 1 is 1.18 bits per heavy atom. The van der Waals surface area contributed by atoms with E-state index in [0.717, 1.165) is 0 Å². The predicted octanol–water partition coefficient (Wildman–Crippen LogP) is 0.379. The van der Waals surface area contributed by atoms with E-state index in [1.807, 2.05) is 0 Å². The maximum atomic E-state index is 11.7. The van der Waals surface area contributed by atoms with Gasteiger partial charge in [-0.3, -0.25) is 19.2 Å². The predicted molar refractivity (Wildman–Crippen MR) is 54.7 cm³/mol. The number of hydrogen-bond acceptors (Lipinski definition) is 6. The molecule has 0 amide bonds. The van der Waals surface area contributed by atoms with Crippen molar-refractivity contribution in [3.63, 3.8) is 0 Å². The molecule has 0 heterocycles. The van der Waals surface area contributed by atoms with Gasteiger partial charge in [-0.1, -0.05) is 6.92 Å². The molecule has 0 atom stereocenters. The van der Waals surface area contributed by atoms with Crippen LogP contribution in [0.1, 0.15) is 33.1 Å². The van der Waals surface area contributed by atoms with Gasteiger partial charge >= 0.3 is 17.9 Å². The van der Waals surface area contributed by atoms with Crippen LogP contribution in [0.4, 0.5) is 0 Å². The summed E-state index contributed by atoms with van der Waals surface area (Å²) < 4.78 is 9.05. The fourth-order valence-electron chi connectivity index (χ4n) is 1.30. The van der Waals surface area contributed by atoms with Crippen molar-refractivity contribution in [2.24, 2.45) is 5.41 Å². The van der Waals surface area contributed by atoms with Gasteiger partial charge in [0, 0.05) is 13.3 Å². The second-order valence-corrected chi connectivity index (χ2v) is 3.90. The quantitative estimate of drug-likeness (QED) is 0.511. The van der Waals surface area contributed by atoms with Gasteiger partial charge in [0.05, 0.1) is 0 Å². The fraction of sp³-hybridized carbons (Fsp3) is 0.636. The molecule has 0 aromatic carbocycles. The number of Topliss-reactive ketones (excluding diaryl/α,β-unsaturated/α-hetero) is 1. The number of carbonyl (C=O) groups excluding carboxylic acids is 4. The smallest absolute Gasteiger partial charge is 0.327 e. The van der Waals surface area contributed by atoms with Crippen LogP contribution in [-0.2, 0) is 28.7 Å². The van der Waals surface area contributed by atoms with E-state index in [-0.39, 0.29) is 6.42 Å². The maximum Gasteiger partial charge on any atom is 0.327 e. The summed E-state index contributed by atoms with van der Waals surface area (Å²) in [7, 11) is 0. The molecule has 0 aromatic rings. The molecular formula is C11H14O6. The molecule has 0 aliphatic heterocycles. The second-order valence-electron chi connectivity index (χ2n) is 3.90. The minimum atomic E-state index is -1.26. The van der Waals surface area contributed by atoms with Crippen LogP contribution in [-0.4, -0.2) is 30.3 Å². The molecule has 1 aliphatic carbocycles. The Labute approximate surface area is 98.3 Å². The third-order valence-corrected chi connectivity index (χ3v) is 2.58. The zero-order valence-electron chi connectivity index (χ0n) is 9.78. The van der Waals surface area contributed by atoms with Gasteiger partial charge in [-0.25, -0.2) is 0 Å². The first kappa shape index (κ1) is 13.3. The van der Waals surface area contributed by atoms with Crippen LogP contribution in [0.3, 0.4) is 0 Å². The lowest BCUT2D eigenvalue weighted by atomic mass is 10.0. The van der Waals surface area contributed by atoms with E-state index in [1.165, 1.54) is 6.92 Å². The third kappa shape index (κ3) is 3.12. The number of esters is 3. The van der Waals surface area contributed by atoms with Crippen molar-refractivity contribution >= 4 is 23.7 Å². The number of rotatable bonds is 5. The normalized spacial score (nSPS) is 15.9. The lowest BCUT2D eigenvalue weighted by molar-refractivity contribution is -0.166. The molecule has 0 spiro atoms. The Kier molecular flexibility index (Phi) is 3.98. The van der Waals surface area contributed by atoms with Gasteiger partial charge in [0.25, 0.3) is 0 Å². The van der Waals surface area contributed by atoms with Gasteiger partial charge in [0.1, 0.15) is 5.41 Å². The van der Waals surface area contributed by atoms with Gasteiger partial charge < -0.3 is 9.47 Å². The van der Waals surface area contributed by atoms with E-state index in [1.54, 1.807) is 6.92 Å². The number of carbonyl (C=O) groups is 4. The summed E-state index contributed by atoms with van der Waals surface area (Å²) in [6, 6.07) is 0. The molecule has 0 saturated heterocycles. The number of ether oxygens (including phenoxy) is 2. The van der Waals surface area contributed by atoms with Gasteiger partial charge in [-0.15, -0.1) is 0 Å². The fourth-order valence-corrected chi connectivity index (χ4v) is 1.30. The van der Waals surface area contributed by atoms with E-state index in [4.69, 9.17) is 0 Å². The lowest BCUT2D eigenvalue weighted by Crippen LogP contribution is -2.32. The molecule has 0 bridgehead atoms. The summed E-state index contributed by atoms with van der Waals surface area (Å²) >= 11 is 0. The SMILES string of the molecule is CCC(=O)OC(=O)C1(C(=O)COC(C)=O)CC1. The highest BCUT2D eigenvalue weighted by Gasteiger charge is 2.58. The highest BCUT2D eigenvalue weighted by Crippen LogP contribution is 2.47. The summed E-state index contributed by atoms with van der Waals surface area (Å²) in [5, 5.41) is 0. The van der Waals surface area contributed by atoms with Crippen LogP contribution in [0.5, 0.6) is 0 Å². The Balaban J connectivity index is 2.56. The number of hydrogen-bond donors (Lipinski definition) is 0. The first-order valence-corrected chi connectivity index (χ1v) is 5.34. The summed E-state index contributed by atoms with van der Waals surface area (Å²) in [6.07, 6.45) is 0.742. The monoisotopic (exact) mass is 242 g/mol. The molecule has 6 heteroatoms. The van der Waals surface area contributed by atoms with Crippen LogP contribution >= 0.6 is 0 Å². The van der Waals surface area contributed by atoms with Crippen molar-refractivity contribution < 1.29 is 28.7 Å². The largest absolute Gasteiger partial charge is 0.458 e. The molecule has 17 heavy (non-hydrogen) atoms. The summed E-state index contributed by atoms with van der Waals surface area (Å²) in [5.74, 6) is -2.60. The summed E-state index contributed by atoms with van der Waals surface area (Å²) in [4.78, 5) is 44.7. The van der Waals surface area contributed by atoms with Crippen molar-refractivity contribution in [3.8, 4) is 0 Å². The standard InChI is InChI=1S/C11H14O6/c1-3-9(14)17-10(15)11(4-5-11)8(13)6-16-7(2)12/h3-6H2,1-2H3. The zero-order chi connectivity index (χ0) is 13.1. The van der Waals surface area contributed by atoms with Crippen LogP contribution in [0.25, 0.3) is 0 Å². The van der Waals surface area contributed by atoms with Crippen molar-refractivity contribution in [2.75, 3.05) is 6.61 Å². The Morgan fingerprint density at radius 2 is 1.76 bits per heavy atom. The molecule has 1 saturated carbocycles. The van der Waals surface area contributed by atoms with Crippen LogP contribution < -0.4 is 0 Å². The molecule has 94 valence electrons. The molecular weight excluding hydrogens is 228 g/mol. The molecule has 1 rings (SSSR count). The van der Waals surface area contributed by atoms with E-state index in [0.29, 0.717) is 12.8 Å². The highest BCUT2D eigenvalue weighted by atomic mass is 16.6. The molecule has 1 fully saturated rings. The molecule has 0 aromatic heterocycles. The van der Waals surface area contributed by atoms with E-state index >= 15 is 0 Å². The minimum absolute atomic E-state index is 0.0694. The van der Waals surface area contributed by atoms with E-state index < -0.39 is 35.7 Å². The van der Waals surface area contributed by atoms with E-state index in [2.05, 4.69) is 9.47 Å². The Hall–Kier alpha value is -1.72. The van der Waals surface area contributed by atoms with Crippen molar-refractivity contribution in [1.29, 1.82) is 0 Å². The molecule has 0 N–H and O–H groups in total. The van der Waals surface area contributed by atoms with Gasteiger partial charge in [0.15, 0.2) is 12.4 Å². The van der Waals surface area contributed by atoms with Crippen molar-refractivity contribution in [2.45, 2.75) is 33.1 Å². The zero-order valence-corrected chi connectivity index (χ0v) is 9.78. The van der Waals surface area contributed by atoms with Gasteiger partial charge in [0.2, 0.25) is 0 Å². The molecule has 1 aliphatic rings. The minimum Gasteiger partial charge on any atom is -0.458 e. The second kappa shape index (κ2) is 5.07. The average Bonchev–Trinajstić information content (AvgIpc) is 3.06. The first-order valence-electron chi connectivity index (χ1n) is 5.34. The highest BCUT2D eigenvalue weighted by molar-refractivity contribution is 6.09. The van der Waals surface area contributed by atoms with Gasteiger partial charge in [-0.05, 0) is 12.8 Å². The topological polar surface area (TPSA) is 86.7 Å². The third-order valence-electron chi connectivity index (χ3n) is 2.58. The summed E-state index contributed by atoms with van der Waals surface area (Å²) in [5.41, 5.74) is -1.26. The van der Waals surface area contributed by atoms with Crippen LogP contribution in [0, 0.1) is 5.41 Å². The van der Waals surface area contributed by atoms with E-state index in [9.17, 15) is 19.2 Å². The number of ketones is 1. The Bertz CT molecular complexity index is 366. The van der Waals surface area contributed by atoms with Crippen LogP contribution in [0.2, 0.25) is 0 Å². The maximum absolute atomic E-state index is 11.7. The lowest BCUT2D eigenvalue weighted by Gasteiger charge is -2.11. The van der Waals surface area contributed by atoms with Crippen LogP contribution in [0.15, 0.2) is 0 Å². The van der Waals surface area contributed by atoms with Crippen molar-refractivity contribution in [1.82, 2.24) is 0 Å². The summed E-state index contributed by atoms with van der Waals surface area (Å²) in [6.45, 7) is 2.27. The van der Waals surface area contributed by atoms with Crippen molar-refractivity contribution in [3.05, 3.63) is 0 Å². The molecule has 0 radical (unpaired) electrons.